The molecular formula is C25H26FNO4. The number of hydrogen-bond acceptors (Lipinski definition) is 4. The summed E-state index contributed by atoms with van der Waals surface area (Å²) in [6.45, 7) is 8.51. The summed E-state index contributed by atoms with van der Waals surface area (Å²) in [5.41, 5.74) is 2.49. The number of carbonyl (C=O) groups excluding carboxylic acids is 1. The number of amides is 1. The van der Waals surface area contributed by atoms with E-state index >= 15 is 0 Å². The minimum absolute atomic E-state index is 0.00113. The molecule has 0 aliphatic carbocycles. The van der Waals surface area contributed by atoms with Gasteiger partial charge in [0.2, 0.25) is 5.76 Å². The number of ether oxygens (including phenoxy) is 1. The third kappa shape index (κ3) is 3.76. The van der Waals surface area contributed by atoms with Crippen molar-refractivity contribution in [3.05, 3.63) is 80.5 Å². The summed E-state index contributed by atoms with van der Waals surface area (Å²) < 4.78 is 26.3. The summed E-state index contributed by atoms with van der Waals surface area (Å²) in [6.07, 6.45) is 0.642. The monoisotopic (exact) mass is 423 g/mol. The van der Waals surface area contributed by atoms with Crippen molar-refractivity contribution in [2.75, 3.05) is 13.2 Å². The Bertz CT molecular complexity index is 1210. The average molecular weight is 423 g/mol. The fourth-order valence-corrected chi connectivity index (χ4v) is 4.08. The van der Waals surface area contributed by atoms with E-state index in [1.807, 2.05) is 27.7 Å². The molecule has 0 spiro atoms. The molecule has 5 nitrogen and oxygen atoms in total. The summed E-state index contributed by atoms with van der Waals surface area (Å²) in [6, 6.07) is 8.97. The van der Waals surface area contributed by atoms with Gasteiger partial charge in [0, 0.05) is 18.7 Å². The highest BCUT2D eigenvalue weighted by molar-refractivity contribution is 5.99. The van der Waals surface area contributed by atoms with Crippen molar-refractivity contribution in [2.24, 2.45) is 0 Å². The number of carbonyl (C=O) groups is 1. The second-order valence-electron chi connectivity index (χ2n) is 8.30. The van der Waals surface area contributed by atoms with Crippen molar-refractivity contribution >= 4 is 16.9 Å². The highest BCUT2D eigenvalue weighted by Gasteiger charge is 2.43. The van der Waals surface area contributed by atoms with Crippen LogP contribution >= 0.6 is 0 Å². The molecule has 1 aliphatic heterocycles. The first-order valence-electron chi connectivity index (χ1n) is 10.5. The quantitative estimate of drug-likeness (QED) is 0.529. The fourth-order valence-electron chi connectivity index (χ4n) is 4.08. The van der Waals surface area contributed by atoms with Crippen LogP contribution in [-0.4, -0.2) is 30.1 Å². The Morgan fingerprint density at radius 1 is 1.13 bits per heavy atom. The van der Waals surface area contributed by atoms with Crippen LogP contribution in [0.1, 0.15) is 59.1 Å². The first-order valence-corrected chi connectivity index (χ1v) is 10.5. The van der Waals surface area contributed by atoms with Crippen LogP contribution in [0.15, 0.2) is 45.6 Å². The van der Waals surface area contributed by atoms with E-state index in [4.69, 9.17) is 9.15 Å². The summed E-state index contributed by atoms with van der Waals surface area (Å²) >= 11 is 0. The minimum Gasteiger partial charge on any atom is -0.450 e. The summed E-state index contributed by atoms with van der Waals surface area (Å²) in [4.78, 5) is 28.3. The van der Waals surface area contributed by atoms with Gasteiger partial charge >= 0.3 is 0 Å². The van der Waals surface area contributed by atoms with Gasteiger partial charge in [0.05, 0.1) is 23.1 Å². The minimum atomic E-state index is -0.829. The number of fused-ring (bicyclic) bond motifs is 2. The number of rotatable bonds is 6. The topological polar surface area (TPSA) is 59.8 Å². The molecule has 0 unspecified atom stereocenters. The van der Waals surface area contributed by atoms with Crippen LogP contribution in [0.5, 0.6) is 0 Å². The fraction of sp³-hybridized carbons (Fsp3) is 0.360. The predicted molar refractivity (Wildman–Crippen MR) is 117 cm³/mol. The lowest BCUT2D eigenvalue weighted by molar-refractivity contribution is 0.0592. The first kappa shape index (κ1) is 21.2. The van der Waals surface area contributed by atoms with E-state index in [0.717, 1.165) is 11.1 Å². The maximum absolute atomic E-state index is 14.8. The second kappa shape index (κ2) is 8.27. The van der Waals surface area contributed by atoms with Crippen LogP contribution in [0.2, 0.25) is 0 Å². The molecule has 1 atom stereocenters. The molecule has 0 saturated heterocycles. The van der Waals surface area contributed by atoms with Gasteiger partial charge in [0.1, 0.15) is 11.4 Å². The molecule has 0 fully saturated rings. The Labute approximate surface area is 180 Å². The summed E-state index contributed by atoms with van der Waals surface area (Å²) in [5, 5.41) is 0.404. The van der Waals surface area contributed by atoms with E-state index in [1.54, 1.807) is 30.3 Å². The Hall–Kier alpha value is -2.99. The highest BCUT2D eigenvalue weighted by atomic mass is 19.1. The van der Waals surface area contributed by atoms with E-state index in [9.17, 15) is 14.0 Å². The van der Waals surface area contributed by atoms with Gasteiger partial charge in [-0.25, -0.2) is 4.39 Å². The van der Waals surface area contributed by atoms with Gasteiger partial charge in [0.15, 0.2) is 5.43 Å². The lowest BCUT2D eigenvalue weighted by Gasteiger charge is -2.25. The van der Waals surface area contributed by atoms with E-state index in [-0.39, 0.29) is 28.4 Å². The number of halogens is 1. The highest BCUT2D eigenvalue weighted by Crippen LogP contribution is 2.39. The molecule has 0 saturated carbocycles. The van der Waals surface area contributed by atoms with Gasteiger partial charge in [-0.2, -0.15) is 0 Å². The molecule has 4 rings (SSSR count). The predicted octanol–water partition coefficient (Wildman–Crippen LogP) is 4.91. The molecule has 1 amide bonds. The van der Waals surface area contributed by atoms with Gasteiger partial charge in [-0.05, 0) is 63.4 Å². The number of benzene rings is 2. The van der Waals surface area contributed by atoms with Gasteiger partial charge in [-0.3, -0.25) is 9.59 Å². The van der Waals surface area contributed by atoms with Crippen molar-refractivity contribution in [1.82, 2.24) is 4.90 Å². The lowest BCUT2D eigenvalue weighted by atomic mass is 9.97. The molecule has 0 N–H and O–H groups in total. The standard InChI is InChI=1S/C25H26FNO4/c1-14(2)30-11-7-10-27-22(17-8-5-6-9-19(17)26)21-23(28)18-12-15(3)16(4)13-20(18)31-24(21)25(27)29/h5-6,8-9,12-14,22H,7,10-11H2,1-4H3/t22-/m0/s1. The van der Waals surface area contributed by atoms with E-state index < -0.39 is 17.8 Å². The second-order valence-corrected chi connectivity index (χ2v) is 8.30. The van der Waals surface area contributed by atoms with Gasteiger partial charge in [0.25, 0.3) is 5.91 Å². The molecule has 2 heterocycles. The Morgan fingerprint density at radius 3 is 2.55 bits per heavy atom. The Balaban J connectivity index is 1.86. The molecule has 2 aromatic carbocycles. The number of hydrogen-bond donors (Lipinski definition) is 0. The maximum atomic E-state index is 14.8. The van der Waals surface area contributed by atoms with Crippen molar-refractivity contribution in [1.29, 1.82) is 0 Å². The Morgan fingerprint density at radius 2 is 1.84 bits per heavy atom. The molecule has 1 aliphatic rings. The average Bonchev–Trinajstić information content (AvgIpc) is 2.99. The van der Waals surface area contributed by atoms with Crippen molar-refractivity contribution in [3.8, 4) is 0 Å². The molecule has 162 valence electrons. The van der Waals surface area contributed by atoms with Crippen LogP contribution in [0.4, 0.5) is 4.39 Å². The van der Waals surface area contributed by atoms with Crippen LogP contribution in [0.25, 0.3) is 11.0 Å². The zero-order valence-corrected chi connectivity index (χ0v) is 18.2. The third-order valence-electron chi connectivity index (χ3n) is 5.78. The van der Waals surface area contributed by atoms with Crippen LogP contribution in [-0.2, 0) is 4.74 Å². The molecule has 31 heavy (non-hydrogen) atoms. The summed E-state index contributed by atoms with van der Waals surface area (Å²) in [7, 11) is 0. The van der Waals surface area contributed by atoms with Crippen molar-refractivity contribution < 1.29 is 18.3 Å². The van der Waals surface area contributed by atoms with Crippen LogP contribution in [0.3, 0.4) is 0 Å². The third-order valence-corrected chi connectivity index (χ3v) is 5.78. The molecule has 0 bridgehead atoms. The van der Waals surface area contributed by atoms with Gasteiger partial charge in [-0.1, -0.05) is 18.2 Å². The van der Waals surface area contributed by atoms with Gasteiger partial charge in [-0.15, -0.1) is 0 Å². The zero-order valence-electron chi connectivity index (χ0n) is 18.2. The first-order chi connectivity index (χ1) is 14.8. The number of aryl methyl sites for hydroxylation is 2. The Kier molecular flexibility index (Phi) is 5.67. The van der Waals surface area contributed by atoms with Crippen molar-refractivity contribution in [2.45, 2.75) is 46.3 Å². The normalized spacial score (nSPS) is 15.9. The summed E-state index contributed by atoms with van der Waals surface area (Å²) in [5.74, 6) is -0.861. The maximum Gasteiger partial charge on any atom is 0.290 e. The van der Waals surface area contributed by atoms with Gasteiger partial charge < -0.3 is 14.1 Å². The number of nitrogens with zero attached hydrogens (tertiary/aromatic N) is 1. The largest absolute Gasteiger partial charge is 0.450 e. The SMILES string of the molecule is Cc1cc2oc3c(c(=O)c2cc1C)[C@H](c1ccccc1F)N(CCCOC(C)C)C3=O. The molecule has 1 aromatic heterocycles. The lowest BCUT2D eigenvalue weighted by Crippen LogP contribution is -2.32. The van der Waals surface area contributed by atoms with Crippen LogP contribution < -0.4 is 5.43 Å². The van der Waals surface area contributed by atoms with Crippen molar-refractivity contribution in [3.63, 3.8) is 0 Å². The molecule has 6 heteroatoms. The van der Waals surface area contributed by atoms with E-state index in [2.05, 4.69) is 0 Å². The van der Waals surface area contributed by atoms with E-state index in [0.29, 0.717) is 30.5 Å². The smallest absolute Gasteiger partial charge is 0.290 e. The van der Waals surface area contributed by atoms with E-state index in [1.165, 1.54) is 11.0 Å². The zero-order chi connectivity index (χ0) is 22.3. The van der Waals surface area contributed by atoms with Crippen LogP contribution in [0, 0.1) is 19.7 Å². The molecule has 3 aromatic rings. The molecule has 0 radical (unpaired) electrons. The molecular weight excluding hydrogens is 397 g/mol.